The molecular weight excluding hydrogens is 346 g/mol. The Labute approximate surface area is 150 Å². The lowest BCUT2D eigenvalue weighted by Crippen LogP contribution is -2.28. The number of carbonyl (C=O) groups excluding carboxylic acids is 2. The van der Waals surface area contributed by atoms with E-state index in [1.165, 1.54) is 0 Å². The van der Waals surface area contributed by atoms with Crippen LogP contribution < -0.4 is 21.1 Å². The number of ether oxygens (including phenoxy) is 1. The largest absolute Gasteiger partial charge is 0.484 e. The summed E-state index contributed by atoms with van der Waals surface area (Å²) in [5.41, 5.74) is 8.28. The molecule has 3 rings (SSSR count). The average molecular weight is 366 g/mol. The van der Waals surface area contributed by atoms with Gasteiger partial charge in [0.2, 0.25) is 0 Å². The first-order chi connectivity index (χ1) is 11.6. The molecule has 0 saturated carbocycles. The van der Waals surface area contributed by atoms with Gasteiger partial charge in [-0.2, -0.15) is 5.10 Å². The molecule has 2 heterocycles. The van der Waals surface area contributed by atoms with Crippen LogP contribution in [-0.4, -0.2) is 35.2 Å². The molecule has 1 aromatic carbocycles. The molecule has 0 aliphatic carbocycles. The molecule has 0 saturated heterocycles. The summed E-state index contributed by atoms with van der Waals surface area (Å²) in [5.74, 6) is -0.229. The third-order valence-electron chi connectivity index (χ3n) is 3.75. The summed E-state index contributed by atoms with van der Waals surface area (Å²) >= 11 is 0. The summed E-state index contributed by atoms with van der Waals surface area (Å²) in [6.45, 7) is 1.68. The minimum atomic E-state index is -0.536. The number of hydrogen-bond acceptors (Lipinski definition) is 5. The molecule has 9 heteroatoms. The van der Waals surface area contributed by atoms with Crippen molar-refractivity contribution >= 4 is 24.2 Å². The van der Waals surface area contributed by atoms with Gasteiger partial charge < -0.3 is 21.1 Å². The molecule has 5 N–H and O–H groups in total. The van der Waals surface area contributed by atoms with Crippen LogP contribution in [-0.2, 0) is 24.3 Å². The Hall–Kier alpha value is -2.58. The molecule has 0 spiro atoms. The van der Waals surface area contributed by atoms with Gasteiger partial charge in [0.05, 0.1) is 0 Å². The fourth-order valence-electron chi connectivity index (χ4n) is 2.58. The predicted molar refractivity (Wildman–Crippen MR) is 93.5 cm³/mol. The maximum atomic E-state index is 12.3. The Kier molecular flexibility index (Phi) is 6.37. The van der Waals surface area contributed by atoms with Gasteiger partial charge in [-0.15, -0.1) is 12.4 Å². The highest BCUT2D eigenvalue weighted by Crippen LogP contribution is 2.16. The molecule has 0 atom stereocenters. The van der Waals surface area contributed by atoms with Gasteiger partial charge >= 0.3 is 0 Å². The Morgan fingerprint density at radius 3 is 3.00 bits per heavy atom. The fourth-order valence-corrected chi connectivity index (χ4v) is 2.58. The van der Waals surface area contributed by atoms with Crippen molar-refractivity contribution in [1.29, 1.82) is 0 Å². The second kappa shape index (κ2) is 8.50. The van der Waals surface area contributed by atoms with E-state index in [-0.39, 0.29) is 24.9 Å². The van der Waals surface area contributed by atoms with Crippen LogP contribution in [0.5, 0.6) is 5.75 Å². The minimum Gasteiger partial charge on any atom is -0.484 e. The van der Waals surface area contributed by atoms with E-state index in [1.54, 1.807) is 18.2 Å². The molecule has 1 aliphatic rings. The first kappa shape index (κ1) is 18.8. The minimum absolute atomic E-state index is 0. The lowest BCUT2D eigenvalue weighted by molar-refractivity contribution is -0.119. The molecule has 0 fully saturated rings. The van der Waals surface area contributed by atoms with E-state index in [0.717, 1.165) is 29.8 Å². The molecule has 1 aromatic heterocycles. The van der Waals surface area contributed by atoms with E-state index >= 15 is 0 Å². The number of primary amides is 1. The number of rotatable bonds is 6. The van der Waals surface area contributed by atoms with E-state index in [4.69, 9.17) is 10.5 Å². The van der Waals surface area contributed by atoms with Crippen LogP contribution in [0.4, 0.5) is 0 Å². The van der Waals surface area contributed by atoms with Crippen LogP contribution >= 0.6 is 12.4 Å². The molecule has 1 aliphatic heterocycles. The Morgan fingerprint density at radius 1 is 1.36 bits per heavy atom. The maximum Gasteiger partial charge on any atom is 0.272 e. The van der Waals surface area contributed by atoms with Gasteiger partial charge in [-0.25, -0.2) is 0 Å². The van der Waals surface area contributed by atoms with E-state index in [9.17, 15) is 9.59 Å². The number of hydrogen-bond donors (Lipinski definition) is 4. The van der Waals surface area contributed by atoms with Crippen LogP contribution in [0.2, 0.25) is 0 Å². The molecule has 134 valence electrons. The molecule has 8 nitrogen and oxygen atoms in total. The average Bonchev–Trinajstić information content (AvgIpc) is 3.02. The zero-order valence-corrected chi connectivity index (χ0v) is 14.3. The van der Waals surface area contributed by atoms with Gasteiger partial charge in [0.15, 0.2) is 12.3 Å². The second-order valence-electron chi connectivity index (χ2n) is 5.54. The van der Waals surface area contributed by atoms with Crippen molar-refractivity contribution in [3.8, 4) is 5.75 Å². The number of nitrogens with two attached hydrogens (primary N) is 1. The number of H-pyrrole nitrogens is 1. The van der Waals surface area contributed by atoms with Crippen LogP contribution in [0.3, 0.4) is 0 Å². The van der Waals surface area contributed by atoms with Crippen molar-refractivity contribution in [2.45, 2.75) is 19.5 Å². The molecular formula is C16H20ClN5O3. The topological polar surface area (TPSA) is 122 Å². The molecule has 25 heavy (non-hydrogen) atoms. The highest BCUT2D eigenvalue weighted by Gasteiger charge is 2.21. The molecule has 2 amide bonds. The number of halogens is 1. The molecule has 0 radical (unpaired) electrons. The first-order valence-corrected chi connectivity index (χ1v) is 7.68. The van der Waals surface area contributed by atoms with E-state index in [0.29, 0.717) is 24.5 Å². The van der Waals surface area contributed by atoms with Crippen molar-refractivity contribution in [3.63, 3.8) is 0 Å². The first-order valence-electron chi connectivity index (χ1n) is 7.68. The number of carbonyl (C=O) groups is 2. The Morgan fingerprint density at radius 2 is 2.20 bits per heavy atom. The van der Waals surface area contributed by atoms with Gasteiger partial charge in [-0.1, -0.05) is 12.1 Å². The Bertz CT molecular complexity index is 762. The number of nitrogens with one attached hydrogen (secondary N) is 3. The van der Waals surface area contributed by atoms with Crippen molar-refractivity contribution in [2.75, 3.05) is 13.2 Å². The number of nitrogens with zero attached hydrogens (tertiary/aromatic N) is 1. The summed E-state index contributed by atoms with van der Waals surface area (Å²) < 4.78 is 5.25. The van der Waals surface area contributed by atoms with E-state index in [1.807, 2.05) is 6.07 Å². The zero-order valence-electron chi connectivity index (χ0n) is 13.5. The quantitative estimate of drug-likeness (QED) is 0.585. The number of fused-ring (bicyclic) bond motifs is 1. The normalized spacial score (nSPS) is 12.6. The van der Waals surface area contributed by atoms with Gasteiger partial charge in [-0.05, 0) is 17.7 Å². The predicted octanol–water partition coefficient (Wildman–Crippen LogP) is 0.271. The summed E-state index contributed by atoms with van der Waals surface area (Å²) in [5, 5.41) is 13.1. The maximum absolute atomic E-state index is 12.3. The van der Waals surface area contributed by atoms with Crippen molar-refractivity contribution in [2.24, 2.45) is 5.73 Å². The second-order valence-corrected chi connectivity index (χ2v) is 5.54. The highest BCUT2D eigenvalue weighted by molar-refractivity contribution is 5.94. The van der Waals surface area contributed by atoms with Crippen LogP contribution in [0.1, 0.15) is 27.3 Å². The number of benzene rings is 1. The zero-order chi connectivity index (χ0) is 16.9. The van der Waals surface area contributed by atoms with Crippen molar-refractivity contribution in [1.82, 2.24) is 20.8 Å². The molecule has 0 unspecified atom stereocenters. The monoisotopic (exact) mass is 365 g/mol. The van der Waals surface area contributed by atoms with Crippen molar-refractivity contribution < 1.29 is 14.3 Å². The summed E-state index contributed by atoms with van der Waals surface area (Å²) in [4.78, 5) is 23.1. The van der Waals surface area contributed by atoms with Crippen molar-refractivity contribution in [3.05, 3.63) is 46.8 Å². The number of amides is 2. The number of aromatic amines is 1. The van der Waals surface area contributed by atoms with Gasteiger partial charge in [0.25, 0.3) is 11.8 Å². The lowest BCUT2D eigenvalue weighted by Gasteiger charge is -2.13. The molecule has 2 aromatic rings. The number of aromatic nitrogens is 2. The van der Waals surface area contributed by atoms with Gasteiger partial charge in [0, 0.05) is 37.3 Å². The lowest BCUT2D eigenvalue weighted by atomic mass is 10.1. The Balaban J connectivity index is 0.00000225. The smallest absolute Gasteiger partial charge is 0.272 e. The van der Waals surface area contributed by atoms with Crippen LogP contribution in [0.15, 0.2) is 24.3 Å². The third-order valence-corrected chi connectivity index (χ3v) is 3.75. The summed E-state index contributed by atoms with van der Waals surface area (Å²) in [7, 11) is 0. The van der Waals surface area contributed by atoms with Crippen LogP contribution in [0.25, 0.3) is 0 Å². The fraction of sp³-hybridized carbons (Fsp3) is 0.312. The molecule has 0 bridgehead atoms. The van der Waals surface area contributed by atoms with Gasteiger partial charge in [-0.3, -0.25) is 14.7 Å². The van der Waals surface area contributed by atoms with Gasteiger partial charge in [0.1, 0.15) is 5.75 Å². The summed E-state index contributed by atoms with van der Waals surface area (Å²) in [6.07, 6.45) is 0.842. The third kappa shape index (κ3) is 4.71. The van der Waals surface area contributed by atoms with E-state index in [2.05, 4.69) is 20.8 Å². The van der Waals surface area contributed by atoms with Crippen LogP contribution in [0, 0.1) is 0 Å². The standard InChI is InChI=1S/C16H19N5O3.ClH/c17-14(22)9-24-11-3-1-2-10(6-11)7-19-16(23)15-12-8-18-5-4-13(12)20-21-15;/h1-3,6,18H,4-5,7-9H2,(H2,17,22)(H,19,23)(H,20,21);1H. The van der Waals surface area contributed by atoms with E-state index < -0.39 is 5.91 Å². The summed E-state index contributed by atoms with van der Waals surface area (Å²) in [6, 6.07) is 7.13. The SMILES string of the molecule is Cl.NC(=O)COc1cccc(CNC(=O)c2n[nH]c3c2CNCC3)c1. The highest BCUT2D eigenvalue weighted by atomic mass is 35.5.